The lowest BCUT2D eigenvalue weighted by atomic mass is 9.85. The maximum absolute atomic E-state index is 7.74. The first kappa shape index (κ1) is 26.8. The Morgan fingerprint density at radius 1 is 0.447 bits per heavy atom. The molecule has 0 saturated heterocycles. The molecule has 218 valence electrons. The van der Waals surface area contributed by atoms with Gasteiger partial charge >= 0.3 is 0 Å². The van der Waals surface area contributed by atoms with Gasteiger partial charge in [-0.15, -0.1) is 0 Å². The number of nitrogens with zero attached hydrogens (tertiary/aromatic N) is 4. The normalized spacial score (nSPS) is 11.4. The van der Waals surface area contributed by atoms with Gasteiger partial charge in [-0.2, -0.15) is 0 Å². The molecule has 4 heteroatoms. The lowest BCUT2D eigenvalue weighted by molar-refractivity contribution is 1.18. The van der Waals surface area contributed by atoms with Gasteiger partial charge in [-0.1, -0.05) is 78.9 Å². The van der Waals surface area contributed by atoms with Gasteiger partial charge in [0.25, 0.3) is 0 Å². The van der Waals surface area contributed by atoms with Crippen LogP contribution in [0.5, 0.6) is 0 Å². The van der Waals surface area contributed by atoms with Crippen LogP contribution in [-0.4, -0.2) is 14.5 Å². The molecule has 0 saturated carbocycles. The predicted molar refractivity (Wildman–Crippen MR) is 194 cm³/mol. The zero-order valence-electron chi connectivity index (χ0n) is 25.3. The molecule has 0 N–H and O–H groups in total. The molecular weight excluding hydrogens is 573 g/mol. The molecule has 47 heavy (non-hydrogen) atoms. The van der Waals surface area contributed by atoms with Gasteiger partial charge in [0.15, 0.2) is 5.69 Å². The van der Waals surface area contributed by atoms with Gasteiger partial charge in [-0.3, -0.25) is 9.97 Å². The summed E-state index contributed by atoms with van der Waals surface area (Å²) < 4.78 is 2.30. The highest BCUT2D eigenvalue weighted by Crippen LogP contribution is 2.46. The summed E-state index contributed by atoms with van der Waals surface area (Å²) in [6.45, 7) is 7.74. The summed E-state index contributed by atoms with van der Waals surface area (Å²) in [5.41, 5.74) is 10.7. The fraction of sp³-hybridized carbons (Fsp3) is 0. The van der Waals surface area contributed by atoms with Crippen LogP contribution in [-0.2, 0) is 0 Å². The lowest BCUT2D eigenvalue weighted by Crippen LogP contribution is -1.94. The average Bonchev–Trinajstić information content (AvgIpc) is 3.47. The fourth-order valence-corrected chi connectivity index (χ4v) is 7.12. The Morgan fingerprint density at radius 3 is 1.74 bits per heavy atom. The quantitative estimate of drug-likeness (QED) is 0.149. The van der Waals surface area contributed by atoms with Crippen LogP contribution in [0.2, 0.25) is 0 Å². The van der Waals surface area contributed by atoms with Crippen LogP contribution in [0.15, 0.2) is 158 Å². The van der Waals surface area contributed by atoms with Crippen molar-refractivity contribution in [1.82, 2.24) is 14.5 Å². The zero-order chi connectivity index (χ0) is 31.3. The molecule has 0 amide bonds. The number of para-hydroxylation sites is 1. The molecule has 4 nitrogen and oxygen atoms in total. The topological polar surface area (TPSA) is 35.1 Å². The van der Waals surface area contributed by atoms with Crippen molar-refractivity contribution in [3.8, 4) is 39.1 Å². The van der Waals surface area contributed by atoms with Gasteiger partial charge in [-0.05, 0) is 104 Å². The molecule has 9 aromatic rings. The number of hydrogen-bond donors (Lipinski definition) is 0. The third-order valence-corrected chi connectivity index (χ3v) is 9.15. The molecule has 0 spiro atoms. The smallest absolute Gasteiger partial charge is 0.188 e. The molecule has 3 aromatic heterocycles. The van der Waals surface area contributed by atoms with Crippen molar-refractivity contribution in [3.63, 3.8) is 0 Å². The van der Waals surface area contributed by atoms with E-state index in [0.29, 0.717) is 5.69 Å². The van der Waals surface area contributed by atoms with E-state index in [-0.39, 0.29) is 0 Å². The second kappa shape index (κ2) is 10.8. The number of hydrogen-bond acceptors (Lipinski definition) is 2. The molecule has 0 aliphatic rings. The van der Waals surface area contributed by atoms with Crippen LogP contribution in [0.1, 0.15) is 0 Å². The zero-order valence-corrected chi connectivity index (χ0v) is 25.3. The minimum atomic E-state index is 0.634. The van der Waals surface area contributed by atoms with E-state index < -0.39 is 0 Å². The van der Waals surface area contributed by atoms with E-state index in [4.69, 9.17) is 6.57 Å². The molecule has 3 heterocycles. The Kier molecular flexibility index (Phi) is 6.16. The van der Waals surface area contributed by atoms with Crippen LogP contribution >= 0.6 is 0 Å². The molecule has 9 rings (SSSR count). The van der Waals surface area contributed by atoms with Gasteiger partial charge in [-0.25, -0.2) is 4.85 Å². The summed E-state index contributed by atoms with van der Waals surface area (Å²) in [4.78, 5) is 12.7. The minimum absolute atomic E-state index is 0.634. The number of pyridine rings is 2. The molecule has 0 bridgehead atoms. The molecule has 0 atom stereocenters. The van der Waals surface area contributed by atoms with Crippen LogP contribution in [0, 0.1) is 6.57 Å². The van der Waals surface area contributed by atoms with Gasteiger partial charge in [0, 0.05) is 47.0 Å². The highest BCUT2D eigenvalue weighted by molar-refractivity contribution is 6.23. The lowest BCUT2D eigenvalue weighted by Gasteiger charge is -2.18. The maximum atomic E-state index is 7.74. The third kappa shape index (κ3) is 4.29. The summed E-state index contributed by atoms with van der Waals surface area (Å²) in [6, 6.07) is 46.9. The van der Waals surface area contributed by atoms with Gasteiger partial charge in [0.1, 0.15) is 0 Å². The van der Waals surface area contributed by atoms with Crippen molar-refractivity contribution in [3.05, 3.63) is 170 Å². The Morgan fingerprint density at radius 2 is 1.04 bits per heavy atom. The van der Waals surface area contributed by atoms with E-state index in [1.54, 1.807) is 0 Å². The van der Waals surface area contributed by atoms with Crippen LogP contribution in [0.25, 0.3) is 87.3 Å². The standard InChI is InChI=1S/C43H26N4/c1-44-32-17-20-41-38(25-32)37-24-29(16-19-40(37)47(41)33-11-3-2-4-12-33)42-34-13-5-6-14-35(34)43(31-10-8-22-46-27-31)39-23-28(15-18-36(39)42)30-9-7-21-45-26-30/h2-27H. The van der Waals surface area contributed by atoms with Crippen LogP contribution in [0.3, 0.4) is 0 Å². The molecule has 0 radical (unpaired) electrons. The van der Waals surface area contributed by atoms with E-state index in [9.17, 15) is 0 Å². The minimum Gasteiger partial charge on any atom is -0.309 e. The van der Waals surface area contributed by atoms with Crippen molar-refractivity contribution in [2.45, 2.75) is 0 Å². The van der Waals surface area contributed by atoms with Crippen LogP contribution < -0.4 is 0 Å². The molecular formula is C43H26N4. The van der Waals surface area contributed by atoms with Crippen molar-refractivity contribution >= 4 is 49.0 Å². The molecule has 6 aromatic carbocycles. The summed E-state index contributed by atoms with van der Waals surface area (Å²) in [5.74, 6) is 0. The SMILES string of the molecule is [C-]#[N+]c1ccc2c(c1)c1cc(-c3c4ccccc4c(-c4cccnc4)c4cc(-c5cccnc5)ccc34)ccc1n2-c1ccccc1. The summed E-state index contributed by atoms with van der Waals surface area (Å²) in [6.07, 6.45) is 7.50. The summed E-state index contributed by atoms with van der Waals surface area (Å²) >= 11 is 0. The number of fused-ring (bicyclic) bond motifs is 5. The van der Waals surface area contributed by atoms with Gasteiger partial charge in [0.05, 0.1) is 17.6 Å². The van der Waals surface area contributed by atoms with Crippen molar-refractivity contribution in [2.24, 2.45) is 0 Å². The van der Waals surface area contributed by atoms with E-state index in [1.807, 2.05) is 55.1 Å². The second-order valence-electron chi connectivity index (χ2n) is 11.8. The maximum Gasteiger partial charge on any atom is 0.188 e. The van der Waals surface area contributed by atoms with E-state index in [1.165, 1.54) is 27.3 Å². The number of rotatable bonds is 4. The number of aromatic nitrogens is 3. The highest BCUT2D eigenvalue weighted by Gasteiger charge is 2.20. The third-order valence-electron chi connectivity index (χ3n) is 9.15. The van der Waals surface area contributed by atoms with Crippen molar-refractivity contribution in [2.75, 3.05) is 0 Å². The Bertz CT molecular complexity index is 2670. The molecule has 0 aliphatic heterocycles. The Balaban J connectivity index is 1.40. The average molecular weight is 599 g/mol. The van der Waals surface area contributed by atoms with Gasteiger partial charge < -0.3 is 4.57 Å². The summed E-state index contributed by atoms with van der Waals surface area (Å²) in [5, 5.41) is 6.87. The van der Waals surface area contributed by atoms with Crippen molar-refractivity contribution < 1.29 is 0 Å². The van der Waals surface area contributed by atoms with E-state index >= 15 is 0 Å². The number of benzene rings is 6. The summed E-state index contributed by atoms with van der Waals surface area (Å²) in [7, 11) is 0. The first-order valence-electron chi connectivity index (χ1n) is 15.6. The molecule has 0 aliphatic carbocycles. The van der Waals surface area contributed by atoms with Crippen LogP contribution in [0.4, 0.5) is 5.69 Å². The molecule has 0 fully saturated rings. The molecule has 0 unspecified atom stereocenters. The monoisotopic (exact) mass is 598 g/mol. The van der Waals surface area contributed by atoms with E-state index in [2.05, 4.69) is 123 Å². The first-order valence-corrected chi connectivity index (χ1v) is 15.6. The Hall–Kier alpha value is -6.57. The first-order chi connectivity index (χ1) is 23.3. The second-order valence-corrected chi connectivity index (χ2v) is 11.8. The Labute approximate surface area is 271 Å². The highest BCUT2D eigenvalue weighted by atomic mass is 15.0. The van der Waals surface area contributed by atoms with Crippen molar-refractivity contribution in [1.29, 1.82) is 0 Å². The predicted octanol–water partition coefficient (Wildman–Crippen LogP) is 11.4. The largest absolute Gasteiger partial charge is 0.309 e. The van der Waals surface area contributed by atoms with Gasteiger partial charge in [0.2, 0.25) is 0 Å². The van der Waals surface area contributed by atoms with E-state index in [0.717, 1.165) is 55.1 Å². The fourth-order valence-electron chi connectivity index (χ4n) is 7.12.